The zero-order chi connectivity index (χ0) is 18.5. The Morgan fingerprint density at radius 2 is 1.58 bits per heavy atom. The maximum absolute atomic E-state index is 11.0. The van der Waals surface area contributed by atoms with E-state index in [4.69, 9.17) is 5.11 Å². The smallest absolute Gasteiger partial charge is 0.335 e. The van der Waals surface area contributed by atoms with Crippen LogP contribution in [0.1, 0.15) is 79.1 Å². The maximum Gasteiger partial charge on any atom is 0.335 e. The van der Waals surface area contributed by atoms with Gasteiger partial charge in [0.2, 0.25) is 0 Å². The molecule has 2 heteroatoms. The second-order valence-corrected chi connectivity index (χ2v) is 8.67. The predicted molar refractivity (Wildman–Crippen MR) is 107 cm³/mol. The third-order valence-electron chi connectivity index (χ3n) is 6.55. The van der Waals surface area contributed by atoms with Crippen LogP contribution in [0, 0.1) is 0 Å². The number of benzene rings is 2. The Hall–Kier alpha value is -2.35. The zero-order valence-corrected chi connectivity index (χ0v) is 15.8. The number of carbonyl (C=O) groups is 1. The van der Waals surface area contributed by atoms with Crippen molar-refractivity contribution in [2.45, 2.75) is 57.3 Å². The molecule has 1 saturated carbocycles. The average molecular weight is 346 g/mol. The maximum atomic E-state index is 11.0. The van der Waals surface area contributed by atoms with Gasteiger partial charge in [0.15, 0.2) is 0 Å². The van der Waals surface area contributed by atoms with Gasteiger partial charge in [-0.3, -0.25) is 0 Å². The molecule has 2 aliphatic carbocycles. The van der Waals surface area contributed by atoms with Gasteiger partial charge in [-0.05, 0) is 77.0 Å². The van der Waals surface area contributed by atoms with E-state index in [9.17, 15) is 4.79 Å². The normalized spacial score (nSPS) is 27.3. The molecule has 0 amide bonds. The highest BCUT2D eigenvalue weighted by Crippen LogP contribution is 2.57. The van der Waals surface area contributed by atoms with Crippen LogP contribution in [0.2, 0.25) is 0 Å². The minimum atomic E-state index is -0.885. The fraction of sp³-hybridized carbons (Fsp3) is 0.375. The van der Waals surface area contributed by atoms with Crippen molar-refractivity contribution in [2.24, 2.45) is 0 Å². The number of carboxylic acids is 1. The molecule has 1 N–H and O–H groups in total. The van der Waals surface area contributed by atoms with E-state index in [1.54, 1.807) is 23.3 Å². The number of allylic oxidation sites excluding steroid dienone is 1. The first-order valence-corrected chi connectivity index (χ1v) is 9.48. The number of aromatic carboxylic acids is 1. The lowest BCUT2D eigenvalue weighted by atomic mass is 9.69. The predicted octanol–water partition coefficient (Wildman–Crippen LogP) is 6.05. The molecule has 2 atom stereocenters. The van der Waals surface area contributed by atoms with E-state index < -0.39 is 5.97 Å². The summed E-state index contributed by atoms with van der Waals surface area (Å²) in [5, 5.41) is 9.03. The van der Waals surface area contributed by atoms with Gasteiger partial charge in [-0.25, -0.2) is 4.79 Å². The Morgan fingerprint density at radius 3 is 2.23 bits per heavy atom. The molecule has 2 aromatic rings. The van der Waals surface area contributed by atoms with Crippen LogP contribution >= 0.6 is 0 Å². The van der Waals surface area contributed by atoms with Gasteiger partial charge < -0.3 is 5.11 Å². The molecule has 0 heterocycles. The van der Waals surface area contributed by atoms with Crippen molar-refractivity contribution < 1.29 is 9.90 Å². The molecule has 2 bridgehead atoms. The lowest BCUT2D eigenvalue weighted by Gasteiger charge is -2.35. The van der Waals surface area contributed by atoms with Gasteiger partial charge in [0.25, 0.3) is 0 Å². The van der Waals surface area contributed by atoms with Crippen molar-refractivity contribution in [3.63, 3.8) is 0 Å². The van der Waals surface area contributed by atoms with Crippen LogP contribution in [0.25, 0.3) is 11.6 Å². The number of fused-ring (bicyclic) bond motifs is 5. The van der Waals surface area contributed by atoms with Crippen molar-refractivity contribution in [1.82, 2.24) is 0 Å². The third kappa shape index (κ3) is 2.68. The van der Waals surface area contributed by atoms with Crippen LogP contribution in [0.15, 0.2) is 42.5 Å². The van der Waals surface area contributed by atoms with E-state index in [1.165, 1.54) is 36.8 Å². The average Bonchev–Trinajstić information content (AvgIpc) is 2.76. The molecule has 2 aliphatic rings. The fourth-order valence-electron chi connectivity index (χ4n) is 5.24. The highest BCUT2D eigenvalue weighted by atomic mass is 16.4. The minimum absolute atomic E-state index is 0.321. The Labute approximate surface area is 155 Å². The van der Waals surface area contributed by atoms with Gasteiger partial charge in [0.05, 0.1) is 5.56 Å². The summed E-state index contributed by atoms with van der Waals surface area (Å²) >= 11 is 0. The number of hydrogen-bond donors (Lipinski definition) is 1. The number of hydrogen-bond acceptors (Lipinski definition) is 1. The summed E-state index contributed by atoms with van der Waals surface area (Å²) in [5.41, 5.74) is 7.61. The molecule has 0 spiro atoms. The standard InChI is InChI=1S/C24H26O2/c1-16(13-17-5-7-18(8-6-17)22(25)26)19-9-10-20-21(14-19)24(3)12-4-11-23(20,2)15-24/h5-10,13-14H,4,11-12,15H2,1-3H3,(H,25,26). The Morgan fingerprint density at radius 1 is 0.962 bits per heavy atom. The van der Waals surface area contributed by atoms with Crippen LogP contribution in [0.5, 0.6) is 0 Å². The third-order valence-corrected chi connectivity index (χ3v) is 6.55. The minimum Gasteiger partial charge on any atom is -0.478 e. The van der Waals surface area contributed by atoms with Crippen LogP contribution < -0.4 is 0 Å². The van der Waals surface area contributed by atoms with Gasteiger partial charge in [-0.15, -0.1) is 0 Å². The molecule has 0 saturated heterocycles. The quantitative estimate of drug-likeness (QED) is 0.687. The summed E-state index contributed by atoms with van der Waals surface area (Å²) in [5.74, 6) is -0.885. The molecule has 0 aliphatic heterocycles. The van der Waals surface area contributed by atoms with Gasteiger partial charge in [-0.2, -0.15) is 0 Å². The molecular weight excluding hydrogens is 320 g/mol. The van der Waals surface area contributed by atoms with E-state index in [0.717, 1.165) is 5.56 Å². The topological polar surface area (TPSA) is 37.3 Å². The summed E-state index contributed by atoms with van der Waals surface area (Å²) in [6.45, 7) is 7.00. The van der Waals surface area contributed by atoms with E-state index in [2.05, 4.69) is 45.0 Å². The second kappa shape index (κ2) is 5.84. The molecule has 134 valence electrons. The molecule has 4 rings (SSSR count). The zero-order valence-electron chi connectivity index (χ0n) is 15.8. The second-order valence-electron chi connectivity index (χ2n) is 8.67. The summed E-state index contributed by atoms with van der Waals surface area (Å²) < 4.78 is 0. The highest BCUT2D eigenvalue weighted by molar-refractivity contribution is 5.88. The summed E-state index contributed by atoms with van der Waals surface area (Å²) in [7, 11) is 0. The molecule has 1 fully saturated rings. The van der Waals surface area contributed by atoms with E-state index >= 15 is 0 Å². The van der Waals surface area contributed by atoms with Gasteiger partial charge >= 0.3 is 5.97 Å². The van der Waals surface area contributed by atoms with Gasteiger partial charge in [0, 0.05) is 0 Å². The molecule has 0 radical (unpaired) electrons. The van der Waals surface area contributed by atoms with Crippen LogP contribution in [-0.4, -0.2) is 11.1 Å². The van der Waals surface area contributed by atoms with Crippen molar-refractivity contribution in [2.75, 3.05) is 0 Å². The lowest BCUT2D eigenvalue weighted by molar-refractivity contribution is 0.0697. The lowest BCUT2D eigenvalue weighted by Crippen LogP contribution is -2.29. The van der Waals surface area contributed by atoms with E-state index in [-0.39, 0.29) is 0 Å². The molecule has 2 aromatic carbocycles. The monoisotopic (exact) mass is 346 g/mol. The highest BCUT2D eigenvalue weighted by Gasteiger charge is 2.49. The first-order chi connectivity index (χ1) is 12.3. The van der Waals surface area contributed by atoms with Gasteiger partial charge in [-0.1, -0.05) is 56.7 Å². The molecule has 26 heavy (non-hydrogen) atoms. The van der Waals surface area contributed by atoms with E-state index in [1.807, 2.05) is 12.1 Å². The fourth-order valence-corrected chi connectivity index (χ4v) is 5.24. The van der Waals surface area contributed by atoms with Gasteiger partial charge in [0.1, 0.15) is 0 Å². The summed E-state index contributed by atoms with van der Waals surface area (Å²) in [6, 6.07) is 14.1. The molecular formula is C24H26O2. The first kappa shape index (κ1) is 17.1. The van der Waals surface area contributed by atoms with Crippen molar-refractivity contribution in [3.05, 3.63) is 70.3 Å². The SMILES string of the molecule is CC(=Cc1ccc(C(=O)O)cc1)c1ccc2c(c1)C1(C)CCCC2(C)C1. The Bertz CT molecular complexity index is 906. The van der Waals surface area contributed by atoms with Crippen molar-refractivity contribution in [3.8, 4) is 0 Å². The van der Waals surface area contributed by atoms with E-state index in [0.29, 0.717) is 16.4 Å². The molecule has 2 nitrogen and oxygen atoms in total. The molecule has 2 unspecified atom stereocenters. The molecule has 0 aromatic heterocycles. The number of rotatable bonds is 3. The largest absolute Gasteiger partial charge is 0.478 e. The Kier molecular flexibility index (Phi) is 3.83. The van der Waals surface area contributed by atoms with Crippen LogP contribution in [-0.2, 0) is 10.8 Å². The van der Waals surface area contributed by atoms with Crippen molar-refractivity contribution >= 4 is 17.6 Å². The number of carboxylic acid groups (broad SMARTS) is 1. The Balaban J connectivity index is 1.69. The summed E-state index contributed by atoms with van der Waals surface area (Å²) in [4.78, 5) is 11.0. The van der Waals surface area contributed by atoms with Crippen molar-refractivity contribution in [1.29, 1.82) is 0 Å². The summed E-state index contributed by atoms with van der Waals surface area (Å²) in [6.07, 6.45) is 7.33. The van der Waals surface area contributed by atoms with Crippen LogP contribution in [0.3, 0.4) is 0 Å². The van der Waals surface area contributed by atoms with Crippen LogP contribution in [0.4, 0.5) is 0 Å². The first-order valence-electron chi connectivity index (χ1n) is 9.48.